The smallest absolute Gasteiger partial charge is 0.254 e. The Morgan fingerprint density at radius 2 is 1.62 bits per heavy atom. The van der Waals surface area contributed by atoms with Crippen LogP contribution in [0.25, 0.3) is 11.1 Å². The van der Waals surface area contributed by atoms with Crippen molar-refractivity contribution in [3.05, 3.63) is 53.1 Å². The van der Waals surface area contributed by atoms with Gasteiger partial charge in [-0.25, -0.2) is 0 Å². The van der Waals surface area contributed by atoms with Crippen LogP contribution in [-0.2, 0) is 4.79 Å². The summed E-state index contributed by atoms with van der Waals surface area (Å²) in [5.41, 5.74) is 1.29. The normalized spacial score (nSPS) is 17.8. The molecule has 2 aromatic rings. The van der Waals surface area contributed by atoms with Gasteiger partial charge in [0.1, 0.15) is 11.4 Å². The highest BCUT2D eigenvalue weighted by atomic mass is 35.5. The summed E-state index contributed by atoms with van der Waals surface area (Å²) in [6, 6.07) is 12.8. The van der Waals surface area contributed by atoms with Crippen LogP contribution in [0.1, 0.15) is 23.2 Å². The maximum atomic E-state index is 12.8. The highest BCUT2D eigenvalue weighted by Crippen LogP contribution is 2.37. The lowest BCUT2D eigenvalue weighted by molar-refractivity contribution is -0.143. The van der Waals surface area contributed by atoms with E-state index in [0.29, 0.717) is 55.4 Å². The molecule has 152 valence electrons. The first-order valence-corrected chi connectivity index (χ1v) is 10.0. The molecule has 0 unspecified atom stereocenters. The third-order valence-electron chi connectivity index (χ3n) is 5.58. The van der Waals surface area contributed by atoms with Crippen LogP contribution >= 0.6 is 11.6 Å². The van der Waals surface area contributed by atoms with Gasteiger partial charge >= 0.3 is 0 Å². The lowest BCUT2D eigenvalue weighted by Crippen LogP contribution is -2.53. The van der Waals surface area contributed by atoms with E-state index in [0.717, 1.165) is 11.1 Å². The molecule has 4 rings (SSSR count). The van der Waals surface area contributed by atoms with E-state index in [1.165, 1.54) is 0 Å². The molecule has 0 radical (unpaired) electrons. The van der Waals surface area contributed by atoms with E-state index >= 15 is 0 Å². The van der Waals surface area contributed by atoms with Crippen molar-refractivity contribution in [3.63, 3.8) is 0 Å². The molecule has 1 heterocycles. The number of aliphatic hydroxyl groups is 1. The average Bonchev–Trinajstić information content (AvgIpc) is 3.51. The fourth-order valence-corrected chi connectivity index (χ4v) is 3.78. The number of nitrogens with zero attached hydrogens (tertiary/aromatic N) is 2. The Labute approximate surface area is 174 Å². The minimum absolute atomic E-state index is 0.0585. The lowest BCUT2D eigenvalue weighted by Gasteiger charge is -2.35. The van der Waals surface area contributed by atoms with E-state index in [9.17, 15) is 14.7 Å². The van der Waals surface area contributed by atoms with Crippen molar-refractivity contribution in [1.29, 1.82) is 0 Å². The van der Waals surface area contributed by atoms with Crippen LogP contribution in [0.4, 0.5) is 0 Å². The number of carbonyl (C=O) groups excluding carboxylic acids is 2. The Kier molecular flexibility index (Phi) is 5.23. The second-order valence-corrected chi connectivity index (χ2v) is 7.97. The van der Waals surface area contributed by atoms with Gasteiger partial charge in [-0.1, -0.05) is 23.7 Å². The van der Waals surface area contributed by atoms with Crippen LogP contribution in [0.5, 0.6) is 5.75 Å². The molecule has 2 aromatic carbocycles. The first kappa shape index (κ1) is 19.7. The Balaban J connectivity index is 1.42. The van der Waals surface area contributed by atoms with Crippen molar-refractivity contribution in [2.24, 2.45) is 0 Å². The summed E-state index contributed by atoms with van der Waals surface area (Å²) in [5, 5.41) is 10.6. The van der Waals surface area contributed by atoms with E-state index < -0.39 is 5.60 Å². The van der Waals surface area contributed by atoms with Crippen molar-refractivity contribution >= 4 is 23.4 Å². The van der Waals surface area contributed by atoms with E-state index in [2.05, 4.69) is 0 Å². The van der Waals surface area contributed by atoms with E-state index in [-0.39, 0.29) is 11.8 Å². The fraction of sp³-hybridized carbons (Fsp3) is 0.364. The molecule has 6 nitrogen and oxygen atoms in total. The summed E-state index contributed by atoms with van der Waals surface area (Å²) in [6.07, 6.45) is 1.07. The van der Waals surface area contributed by atoms with Crippen molar-refractivity contribution in [2.75, 3.05) is 33.3 Å². The molecule has 2 amide bonds. The number of hydrogen-bond donors (Lipinski definition) is 1. The number of piperazine rings is 1. The Morgan fingerprint density at radius 3 is 2.21 bits per heavy atom. The van der Waals surface area contributed by atoms with Crippen molar-refractivity contribution in [1.82, 2.24) is 9.80 Å². The lowest BCUT2D eigenvalue weighted by atomic mass is 10.0. The van der Waals surface area contributed by atoms with Crippen molar-refractivity contribution in [2.45, 2.75) is 18.4 Å². The number of ether oxygens (including phenoxy) is 1. The van der Waals surface area contributed by atoms with Gasteiger partial charge in [0.15, 0.2) is 0 Å². The number of halogens is 1. The zero-order valence-corrected chi connectivity index (χ0v) is 17.0. The topological polar surface area (TPSA) is 70.1 Å². The summed E-state index contributed by atoms with van der Waals surface area (Å²) in [7, 11) is 1.60. The van der Waals surface area contributed by atoms with Gasteiger partial charge in [-0.05, 0) is 48.7 Å². The second-order valence-electron chi connectivity index (χ2n) is 7.54. The number of benzene rings is 2. The molecule has 2 fully saturated rings. The summed E-state index contributed by atoms with van der Waals surface area (Å²) < 4.78 is 5.40. The number of rotatable bonds is 4. The maximum Gasteiger partial charge on any atom is 0.254 e. The van der Waals surface area contributed by atoms with Crippen LogP contribution in [-0.4, -0.2) is 65.6 Å². The highest BCUT2D eigenvalue weighted by molar-refractivity contribution is 6.30. The Bertz CT molecular complexity index is 932. The summed E-state index contributed by atoms with van der Waals surface area (Å²) >= 11 is 6.03. The largest absolute Gasteiger partial charge is 0.496 e. The third kappa shape index (κ3) is 3.95. The molecule has 0 spiro atoms. The molecule has 29 heavy (non-hydrogen) atoms. The molecule has 0 atom stereocenters. The summed E-state index contributed by atoms with van der Waals surface area (Å²) in [6.45, 7) is 1.83. The Morgan fingerprint density at radius 1 is 1.00 bits per heavy atom. The van der Waals surface area contributed by atoms with Gasteiger partial charge in [-0.15, -0.1) is 0 Å². The van der Waals surface area contributed by atoms with Gasteiger partial charge < -0.3 is 19.6 Å². The number of hydrogen-bond acceptors (Lipinski definition) is 4. The van der Waals surface area contributed by atoms with E-state index in [4.69, 9.17) is 16.3 Å². The zero-order valence-electron chi connectivity index (χ0n) is 16.2. The molecule has 1 saturated heterocycles. The SMILES string of the molecule is COc1cc(Cl)ccc1-c1ccc(C(=O)N2CCN(C(=O)C3(O)CC3)CC2)cc1. The molecule has 1 N–H and O–H groups in total. The molecule has 1 aliphatic heterocycles. The molecule has 0 bridgehead atoms. The standard InChI is InChI=1S/C22H23ClN2O4/c1-29-19-14-17(23)6-7-18(19)15-2-4-16(5-3-15)20(26)24-10-12-25(13-11-24)21(27)22(28)8-9-22/h2-7,14,28H,8-13H2,1H3. The van der Waals surface area contributed by atoms with Gasteiger partial charge in [0.25, 0.3) is 11.8 Å². The first-order valence-electron chi connectivity index (χ1n) is 9.66. The molecule has 1 aliphatic carbocycles. The number of carbonyl (C=O) groups is 2. The monoisotopic (exact) mass is 414 g/mol. The van der Waals surface area contributed by atoms with E-state index in [1.807, 2.05) is 18.2 Å². The molecular weight excluding hydrogens is 392 g/mol. The van der Waals surface area contributed by atoms with Gasteiger partial charge in [0, 0.05) is 42.3 Å². The predicted molar refractivity (Wildman–Crippen MR) is 110 cm³/mol. The fourth-order valence-electron chi connectivity index (χ4n) is 3.62. The number of amides is 2. The minimum Gasteiger partial charge on any atom is -0.496 e. The summed E-state index contributed by atoms with van der Waals surface area (Å²) in [4.78, 5) is 28.5. The highest BCUT2D eigenvalue weighted by Gasteiger charge is 2.50. The third-order valence-corrected chi connectivity index (χ3v) is 5.82. The van der Waals surface area contributed by atoms with Gasteiger partial charge in [-0.2, -0.15) is 0 Å². The summed E-state index contributed by atoms with van der Waals surface area (Å²) in [5.74, 6) is 0.414. The second kappa shape index (κ2) is 7.69. The van der Waals surface area contributed by atoms with Crippen LogP contribution in [0.15, 0.2) is 42.5 Å². The minimum atomic E-state index is -1.15. The predicted octanol–water partition coefficient (Wildman–Crippen LogP) is 2.82. The van der Waals surface area contributed by atoms with Crippen LogP contribution in [0.3, 0.4) is 0 Å². The maximum absolute atomic E-state index is 12.8. The Hall–Kier alpha value is -2.57. The van der Waals surface area contributed by atoms with E-state index in [1.54, 1.807) is 41.2 Å². The average molecular weight is 415 g/mol. The zero-order chi connectivity index (χ0) is 20.6. The quantitative estimate of drug-likeness (QED) is 0.835. The van der Waals surface area contributed by atoms with Gasteiger partial charge in [-0.3, -0.25) is 9.59 Å². The van der Waals surface area contributed by atoms with Crippen molar-refractivity contribution < 1.29 is 19.4 Å². The molecule has 7 heteroatoms. The molecular formula is C22H23ClN2O4. The molecule has 1 saturated carbocycles. The molecule has 0 aromatic heterocycles. The van der Waals surface area contributed by atoms with Gasteiger partial charge in [0.05, 0.1) is 7.11 Å². The number of methoxy groups -OCH3 is 1. The van der Waals surface area contributed by atoms with Crippen LogP contribution in [0, 0.1) is 0 Å². The first-order chi connectivity index (χ1) is 13.9. The molecule has 2 aliphatic rings. The van der Waals surface area contributed by atoms with Crippen LogP contribution in [0.2, 0.25) is 5.02 Å². The van der Waals surface area contributed by atoms with Crippen LogP contribution < -0.4 is 4.74 Å². The van der Waals surface area contributed by atoms with Crippen molar-refractivity contribution in [3.8, 4) is 16.9 Å². The van der Waals surface area contributed by atoms with Gasteiger partial charge in [0.2, 0.25) is 0 Å².